The van der Waals surface area contributed by atoms with Gasteiger partial charge in [-0.2, -0.15) is 0 Å². The minimum Gasteiger partial charge on any atom is -0.392 e. The first kappa shape index (κ1) is 12.4. The number of amides is 1. The molecule has 4 nitrogen and oxygen atoms in total. The number of thiocarbonyl (C=S) groups is 1. The second-order valence-corrected chi connectivity index (χ2v) is 4.91. The van der Waals surface area contributed by atoms with Crippen LogP contribution in [0.2, 0.25) is 0 Å². The van der Waals surface area contributed by atoms with Crippen LogP contribution in [0.4, 0.5) is 0 Å². The zero-order chi connectivity index (χ0) is 11.6. The molecule has 0 aliphatic heterocycles. The Bertz CT molecular complexity index is 274. The van der Waals surface area contributed by atoms with E-state index in [-0.39, 0.29) is 5.91 Å². The summed E-state index contributed by atoms with van der Waals surface area (Å²) in [6, 6.07) is 0.316. The van der Waals surface area contributed by atoms with Crippen LogP contribution in [0.15, 0.2) is 0 Å². The lowest BCUT2D eigenvalue weighted by Crippen LogP contribution is -2.44. The molecule has 1 amide bonds. The lowest BCUT2D eigenvalue weighted by molar-refractivity contribution is -0.124. The van der Waals surface area contributed by atoms with Crippen molar-refractivity contribution in [3.8, 4) is 0 Å². The molecule has 0 radical (unpaired) electrons. The van der Waals surface area contributed by atoms with Gasteiger partial charge in [-0.1, -0.05) is 12.2 Å². The largest absolute Gasteiger partial charge is 0.392 e. The van der Waals surface area contributed by atoms with Gasteiger partial charge >= 0.3 is 0 Å². The van der Waals surface area contributed by atoms with Gasteiger partial charge in [0.1, 0.15) is 0 Å². The van der Waals surface area contributed by atoms with Crippen LogP contribution in [0.25, 0.3) is 0 Å². The molecule has 0 heterocycles. The number of hydrogen-bond donors (Lipinski definition) is 2. The number of likely N-dealkylation sites (N-methyl/N-ethyl adjacent to an activating group) is 1. The highest BCUT2D eigenvalue weighted by atomic mass is 32.1. The number of hydrogen-bond acceptors (Lipinski definition) is 3. The van der Waals surface area contributed by atoms with Crippen LogP contribution in [0.5, 0.6) is 0 Å². The molecule has 1 fully saturated rings. The van der Waals surface area contributed by atoms with Crippen molar-refractivity contribution in [2.45, 2.75) is 25.8 Å². The third kappa shape index (κ3) is 2.66. The van der Waals surface area contributed by atoms with Crippen molar-refractivity contribution in [2.24, 2.45) is 11.1 Å². The third-order valence-electron chi connectivity index (χ3n) is 3.10. The van der Waals surface area contributed by atoms with Crippen molar-refractivity contribution in [2.75, 3.05) is 20.6 Å². The second-order valence-electron chi connectivity index (χ2n) is 4.47. The first-order valence-electron chi connectivity index (χ1n) is 5.15. The van der Waals surface area contributed by atoms with Gasteiger partial charge in [0.25, 0.3) is 0 Å². The van der Waals surface area contributed by atoms with Gasteiger partial charge in [0.05, 0.1) is 10.4 Å². The molecule has 1 aliphatic carbocycles. The summed E-state index contributed by atoms with van der Waals surface area (Å²) in [5, 5.41) is 2.90. The molecule has 3 N–H and O–H groups in total. The lowest BCUT2D eigenvalue weighted by Gasteiger charge is -2.21. The molecule has 0 aromatic rings. The van der Waals surface area contributed by atoms with E-state index in [1.165, 1.54) is 0 Å². The molecule has 5 heteroatoms. The first-order valence-corrected chi connectivity index (χ1v) is 5.55. The Balaban J connectivity index is 2.41. The van der Waals surface area contributed by atoms with E-state index < -0.39 is 5.41 Å². The monoisotopic (exact) mass is 229 g/mol. The highest BCUT2D eigenvalue weighted by Crippen LogP contribution is 2.46. The van der Waals surface area contributed by atoms with Crippen molar-refractivity contribution in [1.29, 1.82) is 0 Å². The van der Waals surface area contributed by atoms with Crippen LogP contribution in [-0.4, -0.2) is 42.5 Å². The van der Waals surface area contributed by atoms with Crippen molar-refractivity contribution in [1.82, 2.24) is 10.2 Å². The Labute approximate surface area is 96.2 Å². The fraction of sp³-hybridized carbons (Fsp3) is 0.800. The van der Waals surface area contributed by atoms with Crippen LogP contribution >= 0.6 is 12.2 Å². The van der Waals surface area contributed by atoms with Gasteiger partial charge in [0.2, 0.25) is 5.91 Å². The molecule has 1 unspecified atom stereocenters. The number of nitrogens with two attached hydrogens (primary N) is 1. The highest BCUT2D eigenvalue weighted by molar-refractivity contribution is 7.80. The van der Waals surface area contributed by atoms with E-state index in [1.807, 2.05) is 14.1 Å². The lowest BCUT2D eigenvalue weighted by atomic mass is 10.1. The summed E-state index contributed by atoms with van der Waals surface area (Å²) in [5.74, 6) is -0.0105. The second kappa shape index (κ2) is 4.45. The number of nitrogens with one attached hydrogen (secondary N) is 1. The van der Waals surface area contributed by atoms with Crippen molar-refractivity contribution in [3.63, 3.8) is 0 Å². The maximum Gasteiger partial charge on any atom is 0.233 e. The van der Waals surface area contributed by atoms with Crippen molar-refractivity contribution < 1.29 is 4.79 Å². The summed E-state index contributed by atoms with van der Waals surface area (Å²) >= 11 is 4.91. The van der Waals surface area contributed by atoms with Gasteiger partial charge in [-0.15, -0.1) is 0 Å². The predicted octanol–water partition coefficient (Wildman–Crippen LogP) is 0.119. The van der Waals surface area contributed by atoms with Gasteiger partial charge in [-0.05, 0) is 33.9 Å². The maximum atomic E-state index is 11.8. The summed E-state index contributed by atoms with van der Waals surface area (Å²) in [7, 11) is 3.97. The molecule has 1 aliphatic rings. The molecule has 1 atom stereocenters. The average Bonchev–Trinajstić information content (AvgIpc) is 2.93. The van der Waals surface area contributed by atoms with E-state index in [2.05, 4.69) is 17.1 Å². The first-order chi connectivity index (χ1) is 6.90. The Hall–Kier alpha value is -0.680. The Kier molecular flexibility index (Phi) is 3.67. The van der Waals surface area contributed by atoms with E-state index in [9.17, 15) is 4.79 Å². The van der Waals surface area contributed by atoms with Gasteiger partial charge in [-0.3, -0.25) is 4.79 Å². The van der Waals surface area contributed by atoms with E-state index in [1.54, 1.807) is 0 Å². The van der Waals surface area contributed by atoms with Gasteiger partial charge in [-0.25, -0.2) is 0 Å². The molecule has 1 rings (SSSR count). The van der Waals surface area contributed by atoms with Crippen LogP contribution in [0.3, 0.4) is 0 Å². The minimum absolute atomic E-state index is 0.0105. The molecule has 0 aromatic heterocycles. The fourth-order valence-electron chi connectivity index (χ4n) is 1.30. The summed E-state index contributed by atoms with van der Waals surface area (Å²) in [6.07, 6.45) is 1.59. The molecule has 0 aromatic carbocycles. The molecular formula is C10H19N3OS. The van der Waals surface area contributed by atoms with Gasteiger partial charge < -0.3 is 16.0 Å². The SMILES string of the molecule is CC(CNC(=O)C1(C(N)=S)CC1)N(C)C. The molecule has 0 bridgehead atoms. The molecule has 15 heavy (non-hydrogen) atoms. The molecule has 1 saturated carbocycles. The summed E-state index contributed by atoms with van der Waals surface area (Å²) < 4.78 is 0. The van der Waals surface area contributed by atoms with E-state index in [0.717, 1.165) is 12.8 Å². The Morgan fingerprint density at radius 3 is 2.47 bits per heavy atom. The molecule has 0 spiro atoms. The molecule has 86 valence electrons. The Morgan fingerprint density at radius 1 is 1.60 bits per heavy atom. The van der Waals surface area contributed by atoms with Crippen LogP contribution in [-0.2, 0) is 4.79 Å². The van der Waals surface area contributed by atoms with E-state index in [4.69, 9.17) is 18.0 Å². The zero-order valence-corrected chi connectivity index (χ0v) is 10.4. The number of rotatable bonds is 5. The average molecular weight is 229 g/mol. The standard InChI is InChI=1S/C10H19N3OS/c1-7(13(2)3)6-12-9(14)10(4-5-10)8(11)15/h7H,4-6H2,1-3H3,(H2,11,15)(H,12,14). The fourth-order valence-corrected chi connectivity index (χ4v) is 1.60. The third-order valence-corrected chi connectivity index (χ3v) is 3.49. The zero-order valence-electron chi connectivity index (χ0n) is 9.54. The maximum absolute atomic E-state index is 11.8. The quantitative estimate of drug-likeness (QED) is 0.657. The summed E-state index contributed by atoms with van der Waals surface area (Å²) in [4.78, 5) is 14.2. The van der Waals surface area contributed by atoms with E-state index in [0.29, 0.717) is 17.6 Å². The van der Waals surface area contributed by atoms with Gasteiger partial charge in [0.15, 0.2) is 0 Å². The van der Waals surface area contributed by atoms with Crippen LogP contribution < -0.4 is 11.1 Å². The van der Waals surface area contributed by atoms with Crippen molar-refractivity contribution in [3.05, 3.63) is 0 Å². The van der Waals surface area contributed by atoms with Crippen LogP contribution in [0, 0.1) is 5.41 Å². The summed E-state index contributed by atoms with van der Waals surface area (Å²) in [5.41, 5.74) is 5.03. The number of nitrogens with zero attached hydrogens (tertiary/aromatic N) is 1. The molecule has 0 saturated heterocycles. The van der Waals surface area contributed by atoms with Crippen LogP contribution in [0.1, 0.15) is 19.8 Å². The number of carbonyl (C=O) groups is 1. The molecular weight excluding hydrogens is 210 g/mol. The highest BCUT2D eigenvalue weighted by Gasteiger charge is 2.52. The van der Waals surface area contributed by atoms with E-state index >= 15 is 0 Å². The topological polar surface area (TPSA) is 58.4 Å². The number of carbonyl (C=O) groups excluding carboxylic acids is 1. The Morgan fingerprint density at radius 2 is 2.13 bits per heavy atom. The summed E-state index contributed by atoms with van der Waals surface area (Å²) in [6.45, 7) is 2.69. The smallest absolute Gasteiger partial charge is 0.233 e. The normalized spacial score (nSPS) is 19.7. The van der Waals surface area contributed by atoms with Gasteiger partial charge in [0, 0.05) is 12.6 Å². The predicted molar refractivity (Wildman–Crippen MR) is 64.6 cm³/mol. The van der Waals surface area contributed by atoms with Crippen molar-refractivity contribution >= 4 is 23.1 Å². The minimum atomic E-state index is -0.526.